The summed E-state index contributed by atoms with van der Waals surface area (Å²) in [6, 6.07) is 5.91. The quantitative estimate of drug-likeness (QED) is 0.567. The van der Waals surface area contributed by atoms with Crippen LogP contribution in [0.15, 0.2) is 29.2 Å². The summed E-state index contributed by atoms with van der Waals surface area (Å²) in [5, 5.41) is -1.07. The summed E-state index contributed by atoms with van der Waals surface area (Å²) < 4.78 is 23.0. The molecule has 0 N–H and O–H groups in total. The van der Waals surface area contributed by atoms with E-state index in [0.717, 1.165) is 5.56 Å². The summed E-state index contributed by atoms with van der Waals surface area (Å²) in [4.78, 5) is 21.1. The average molecular weight is 226 g/mol. The number of rotatable bonds is 3. The normalized spacial score (nSPS) is 11.0. The first-order chi connectivity index (χ1) is 6.98. The predicted octanol–water partition coefficient (Wildman–Crippen LogP) is 0.884. The Labute approximate surface area is 87.8 Å². The molecule has 0 aromatic heterocycles. The fraction of sp³-hybridized carbons (Fsp3) is 0.200. The molecule has 0 atom stereocenters. The number of hydrogen-bond acceptors (Lipinski definition) is 4. The molecule has 0 saturated heterocycles. The standard InChI is InChI=1S/C10H10O4S/c1-8-2-4-9(5-3-8)15(13,14)10(12)6-7-11/h2-5,7H,6H2,1H3. The molecule has 0 radical (unpaired) electrons. The highest BCUT2D eigenvalue weighted by Crippen LogP contribution is 2.13. The summed E-state index contributed by atoms with van der Waals surface area (Å²) in [6.45, 7) is 1.81. The molecule has 5 heteroatoms. The van der Waals surface area contributed by atoms with Crippen molar-refractivity contribution in [1.82, 2.24) is 0 Å². The number of carbonyl (C=O) groups is 2. The van der Waals surface area contributed by atoms with E-state index in [2.05, 4.69) is 0 Å². The Morgan fingerprint density at radius 2 is 1.80 bits per heavy atom. The van der Waals surface area contributed by atoms with Crippen LogP contribution < -0.4 is 0 Å². The van der Waals surface area contributed by atoms with Gasteiger partial charge < -0.3 is 4.79 Å². The van der Waals surface area contributed by atoms with Gasteiger partial charge in [0.2, 0.25) is 9.84 Å². The second-order valence-electron chi connectivity index (χ2n) is 3.06. The van der Waals surface area contributed by atoms with Gasteiger partial charge in [-0.3, -0.25) is 4.79 Å². The van der Waals surface area contributed by atoms with Crippen molar-refractivity contribution in [1.29, 1.82) is 0 Å². The number of aldehydes is 1. The number of benzene rings is 1. The third-order valence-electron chi connectivity index (χ3n) is 1.88. The monoisotopic (exact) mass is 226 g/mol. The molecule has 15 heavy (non-hydrogen) atoms. The number of aryl methyl sites for hydroxylation is 1. The number of hydrogen-bond donors (Lipinski definition) is 0. The second-order valence-corrected chi connectivity index (χ2v) is 4.99. The largest absolute Gasteiger partial charge is 0.303 e. The molecule has 1 aromatic rings. The van der Waals surface area contributed by atoms with Crippen LogP contribution in [0.25, 0.3) is 0 Å². The lowest BCUT2D eigenvalue weighted by atomic mass is 10.2. The van der Waals surface area contributed by atoms with Gasteiger partial charge in [-0.25, -0.2) is 8.42 Å². The van der Waals surface area contributed by atoms with Crippen molar-refractivity contribution in [3.8, 4) is 0 Å². The van der Waals surface area contributed by atoms with Crippen LogP contribution in [0.2, 0.25) is 0 Å². The molecule has 0 heterocycles. The van der Waals surface area contributed by atoms with Crippen LogP contribution >= 0.6 is 0 Å². The van der Waals surface area contributed by atoms with Gasteiger partial charge in [0.1, 0.15) is 6.29 Å². The van der Waals surface area contributed by atoms with Crippen molar-refractivity contribution in [2.24, 2.45) is 0 Å². The Bertz CT molecular complexity index is 471. The van der Waals surface area contributed by atoms with Crippen LogP contribution in [0.1, 0.15) is 12.0 Å². The maximum absolute atomic E-state index is 11.5. The maximum atomic E-state index is 11.5. The third kappa shape index (κ3) is 2.50. The summed E-state index contributed by atoms with van der Waals surface area (Å²) >= 11 is 0. The van der Waals surface area contributed by atoms with Crippen LogP contribution in [-0.4, -0.2) is 19.8 Å². The molecule has 0 bridgehead atoms. The van der Waals surface area contributed by atoms with E-state index in [9.17, 15) is 18.0 Å². The Kier molecular flexibility index (Phi) is 3.36. The Morgan fingerprint density at radius 1 is 1.27 bits per heavy atom. The fourth-order valence-corrected chi connectivity index (χ4v) is 2.07. The van der Waals surface area contributed by atoms with Gasteiger partial charge in [-0.2, -0.15) is 0 Å². The molecule has 0 aliphatic heterocycles. The lowest BCUT2D eigenvalue weighted by Crippen LogP contribution is -2.15. The topological polar surface area (TPSA) is 68.3 Å². The van der Waals surface area contributed by atoms with E-state index in [1.165, 1.54) is 12.1 Å². The Balaban J connectivity index is 3.11. The highest BCUT2D eigenvalue weighted by molar-refractivity contribution is 8.06. The summed E-state index contributed by atoms with van der Waals surface area (Å²) in [7, 11) is -3.99. The minimum absolute atomic E-state index is 0.0695. The van der Waals surface area contributed by atoms with Gasteiger partial charge in [0.25, 0.3) is 5.12 Å². The molecular formula is C10H10O4S. The highest BCUT2D eigenvalue weighted by atomic mass is 32.2. The molecular weight excluding hydrogens is 216 g/mol. The molecule has 0 saturated carbocycles. The third-order valence-corrected chi connectivity index (χ3v) is 3.54. The van der Waals surface area contributed by atoms with Crippen LogP contribution in [0, 0.1) is 6.92 Å². The minimum Gasteiger partial charge on any atom is -0.303 e. The van der Waals surface area contributed by atoms with Gasteiger partial charge in [-0.1, -0.05) is 17.7 Å². The zero-order chi connectivity index (χ0) is 11.5. The molecule has 4 nitrogen and oxygen atoms in total. The lowest BCUT2D eigenvalue weighted by molar-refractivity contribution is -0.116. The predicted molar refractivity (Wildman–Crippen MR) is 54.1 cm³/mol. The summed E-state index contributed by atoms with van der Waals surface area (Å²) in [5.41, 5.74) is 0.900. The zero-order valence-corrected chi connectivity index (χ0v) is 8.95. The fourth-order valence-electron chi connectivity index (χ4n) is 1.03. The van der Waals surface area contributed by atoms with Gasteiger partial charge in [0, 0.05) is 0 Å². The van der Waals surface area contributed by atoms with Crippen molar-refractivity contribution < 1.29 is 18.0 Å². The van der Waals surface area contributed by atoms with E-state index in [4.69, 9.17) is 0 Å². The number of sulfone groups is 1. The van der Waals surface area contributed by atoms with E-state index in [1.807, 2.05) is 6.92 Å². The van der Waals surface area contributed by atoms with Crippen LogP contribution in [0.3, 0.4) is 0 Å². The molecule has 0 aliphatic carbocycles. The summed E-state index contributed by atoms with van der Waals surface area (Å²) in [5.74, 6) is 0. The van der Waals surface area contributed by atoms with E-state index in [0.29, 0.717) is 0 Å². The molecule has 0 fully saturated rings. The average Bonchev–Trinajstić information content (AvgIpc) is 2.18. The minimum atomic E-state index is -3.99. The molecule has 1 rings (SSSR count). The maximum Gasteiger partial charge on any atom is 0.258 e. The molecule has 0 unspecified atom stereocenters. The smallest absolute Gasteiger partial charge is 0.258 e. The first kappa shape index (κ1) is 11.6. The van der Waals surface area contributed by atoms with E-state index in [1.54, 1.807) is 12.1 Å². The highest BCUT2D eigenvalue weighted by Gasteiger charge is 2.23. The first-order valence-electron chi connectivity index (χ1n) is 4.26. The van der Waals surface area contributed by atoms with Gasteiger partial charge in [0.05, 0.1) is 11.3 Å². The molecule has 0 amide bonds. The van der Waals surface area contributed by atoms with E-state index >= 15 is 0 Å². The number of carbonyl (C=O) groups excluding carboxylic acids is 2. The van der Waals surface area contributed by atoms with Crippen LogP contribution in [-0.2, 0) is 19.4 Å². The molecule has 0 aliphatic rings. The Hall–Kier alpha value is -1.49. The van der Waals surface area contributed by atoms with Crippen LogP contribution in [0.5, 0.6) is 0 Å². The Morgan fingerprint density at radius 3 is 2.27 bits per heavy atom. The molecule has 80 valence electrons. The molecule has 1 aromatic carbocycles. The van der Waals surface area contributed by atoms with Crippen molar-refractivity contribution in [2.45, 2.75) is 18.2 Å². The van der Waals surface area contributed by atoms with Crippen molar-refractivity contribution in [2.75, 3.05) is 0 Å². The van der Waals surface area contributed by atoms with Crippen molar-refractivity contribution >= 4 is 21.2 Å². The SMILES string of the molecule is Cc1ccc(S(=O)(=O)C(=O)CC=O)cc1. The van der Waals surface area contributed by atoms with Crippen molar-refractivity contribution in [3.63, 3.8) is 0 Å². The van der Waals surface area contributed by atoms with E-state index in [-0.39, 0.29) is 11.2 Å². The second kappa shape index (κ2) is 4.35. The van der Waals surface area contributed by atoms with Gasteiger partial charge >= 0.3 is 0 Å². The summed E-state index contributed by atoms with van der Waals surface area (Å²) in [6.07, 6.45) is -0.315. The van der Waals surface area contributed by atoms with Crippen molar-refractivity contribution in [3.05, 3.63) is 29.8 Å². The van der Waals surface area contributed by atoms with Gasteiger partial charge in [-0.15, -0.1) is 0 Å². The molecule has 0 spiro atoms. The van der Waals surface area contributed by atoms with Gasteiger partial charge in [-0.05, 0) is 19.1 Å². The lowest BCUT2D eigenvalue weighted by Gasteiger charge is -2.01. The van der Waals surface area contributed by atoms with Gasteiger partial charge in [0.15, 0.2) is 0 Å². The van der Waals surface area contributed by atoms with E-state index < -0.39 is 21.4 Å². The zero-order valence-electron chi connectivity index (χ0n) is 8.14. The first-order valence-corrected chi connectivity index (χ1v) is 5.75. The van der Waals surface area contributed by atoms with Crippen LogP contribution in [0.4, 0.5) is 0 Å².